The minimum atomic E-state index is 0.586. The van der Waals surface area contributed by atoms with Crippen LogP contribution in [0.15, 0.2) is 30.3 Å². The average molecular weight is 233 g/mol. The molecule has 0 fully saturated rings. The van der Waals surface area contributed by atoms with Gasteiger partial charge in [0.15, 0.2) is 0 Å². The van der Waals surface area contributed by atoms with E-state index >= 15 is 0 Å². The summed E-state index contributed by atoms with van der Waals surface area (Å²) in [5.74, 6) is 1.31. The standard InChI is InChI=1S/C16H27N/c1-5-10-15(14-11-8-7-9-12-14)16(13(3)4)17-6-2/h7-9,11-13,15-17H,5-6,10H2,1-4H3. The van der Waals surface area contributed by atoms with Crippen LogP contribution < -0.4 is 5.32 Å². The summed E-state index contributed by atoms with van der Waals surface area (Å²) in [7, 11) is 0. The summed E-state index contributed by atoms with van der Waals surface area (Å²) in [6.45, 7) is 10.2. The van der Waals surface area contributed by atoms with Gasteiger partial charge < -0.3 is 5.32 Å². The molecule has 0 saturated heterocycles. The Morgan fingerprint density at radius 3 is 2.18 bits per heavy atom. The minimum Gasteiger partial charge on any atom is -0.313 e. The summed E-state index contributed by atoms with van der Waals surface area (Å²) >= 11 is 0. The smallest absolute Gasteiger partial charge is 0.0159 e. The molecule has 1 N–H and O–H groups in total. The molecule has 0 heterocycles. The fourth-order valence-electron chi connectivity index (χ4n) is 2.64. The third kappa shape index (κ3) is 4.16. The van der Waals surface area contributed by atoms with Crippen molar-refractivity contribution in [3.8, 4) is 0 Å². The van der Waals surface area contributed by atoms with Crippen molar-refractivity contribution in [3.63, 3.8) is 0 Å². The van der Waals surface area contributed by atoms with Gasteiger partial charge in [0.25, 0.3) is 0 Å². The van der Waals surface area contributed by atoms with Gasteiger partial charge in [-0.3, -0.25) is 0 Å². The van der Waals surface area contributed by atoms with E-state index in [9.17, 15) is 0 Å². The molecule has 2 atom stereocenters. The van der Waals surface area contributed by atoms with E-state index in [2.05, 4.69) is 63.3 Å². The number of nitrogens with one attached hydrogen (secondary N) is 1. The van der Waals surface area contributed by atoms with Gasteiger partial charge in [0.1, 0.15) is 0 Å². The highest BCUT2D eigenvalue weighted by Crippen LogP contribution is 2.28. The quantitative estimate of drug-likeness (QED) is 0.744. The third-order valence-corrected chi connectivity index (χ3v) is 3.42. The van der Waals surface area contributed by atoms with Crippen molar-refractivity contribution in [2.24, 2.45) is 5.92 Å². The van der Waals surface area contributed by atoms with Gasteiger partial charge in [0, 0.05) is 6.04 Å². The lowest BCUT2D eigenvalue weighted by Crippen LogP contribution is -2.39. The zero-order valence-electron chi connectivity index (χ0n) is 11.7. The molecule has 0 bridgehead atoms. The van der Waals surface area contributed by atoms with Gasteiger partial charge in [-0.05, 0) is 30.4 Å². The first kappa shape index (κ1) is 14.2. The Labute approximate surface area is 107 Å². The van der Waals surface area contributed by atoms with Crippen molar-refractivity contribution in [1.82, 2.24) is 5.32 Å². The van der Waals surface area contributed by atoms with Gasteiger partial charge in [-0.1, -0.05) is 64.4 Å². The van der Waals surface area contributed by atoms with Gasteiger partial charge >= 0.3 is 0 Å². The number of rotatable bonds is 7. The van der Waals surface area contributed by atoms with Crippen LogP contribution in [-0.4, -0.2) is 12.6 Å². The van der Waals surface area contributed by atoms with Crippen LogP contribution in [-0.2, 0) is 0 Å². The van der Waals surface area contributed by atoms with Crippen LogP contribution in [0.2, 0.25) is 0 Å². The molecule has 1 aromatic rings. The van der Waals surface area contributed by atoms with E-state index in [0.29, 0.717) is 17.9 Å². The first-order chi connectivity index (χ1) is 8.20. The molecule has 0 aromatic heterocycles. The van der Waals surface area contributed by atoms with Gasteiger partial charge in [0.2, 0.25) is 0 Å². The molecule has 1 rings (SSSR count). The Hall–Kier alpha value is -0.820. The summed E-state index contributed by atoms with van der Waals surface area (Å²) in [6, 6.07) is 11.5. The van der Waals surface area contributed by atoms with Gasteiger partial charge in [0.05, 0.1) is 0 Å². The second-order valence-corrected chi connectivity index (χ2v) is 5.13. The van der Waals surface area contributed by atoms with Crippen LogP contribution in [0.4, 0.5) is 0 Å². The Morgan fingerprint density at radius 1 is 1.06 bits per heavy atom. The molecule has 1 aromatic carbocycles. The van der Waals surface area contributed by atoms with Crippen LogP contribution in [0.3, 0.4) is 0 Å². The predicted molar refractivity (Wildman–Crippen MR) is 76.4 cm³/mol. The summed E-state index contributed by atoms with van der Waals surface area (Å²) in [5.41, 5.74) is 1.48. The maximum Gasteiger partial charge on any atom is 0.0159 e. The largest absolute Gasteiger partial charge is 0.313 e. The minimum absolute atomic E-state index is 0.586. The van der Waals surface area contributed by atoms with Crippen LogP contribution in [0.25, 0.3) is 0 Å². The highest BCUT2D eigenvalue weighted by molar-refractivity contribution is 5.21. The topological polar surface area (TPSA) is 12.0 Å². The molecule has 0 saturated carbocycles. The number of hydrogen-bond acceptors (Lipinski definition) is 1. The highest BCUT2D eigenvalue weighted by Gasteiger charge is 2.24. The summed E-state index contributed by atoms with van der Waals surface area (Å²) in [6.07, 6.45) is 2.51. The second kappa shape index (κ2) is 7.50. The van der Waals surface area contributed by atoms with Crippen molar-refractivity contribution in [1.29, 1.82) is 0 Å². The molecule has 96 valence electrons. The van der Waals surface area contributed by atoms with Gasteiger partial charge in [-0.25, -0.2) is 0 Å². The lowest BCUT2D eigenvalue weighted by atomic mass is 9.82. The molecule has 17 heavy (non-hydrogen) atoms. The molecule has 2 unspecified atom stereocenters. The van der Waals surface area contributed by atoms with Crippen molar-refractivity contribution < 1.29 is 0 Å². The van der Waals surface area contributed by atoms with Crippen LogP contribution in [0.5, 0.6) is 0 Å². The Bertz CT molecular complexity index is 292. The molecular formula is C16H27N. The number of likely N-dealkylation sites (N-methyl/N-ethyl adjacent to an activating group) is 1. The Morgan fingerprint density at radius 2 is 1.71 bits per heavy atom. The maximum absolute atomic E-state index is 3.67. The van der Waals surface area contributed by atoms with Crippen LogP contribution in [0.1, 0.15) is 52.0 Å². The molecule has 0 aliphatic heterocycles. The van der Waals surface area contributed by atoms with E-state index in [1.54, 1.807) is 0 Å². The first-order valence-electron chi connectivity index (χ1n) is 6.99. The van der Waals surface area contributed by atoms with E-state index in [0.717, 1.165) is 6.54 Å². The fraction of sp³-hybridized carbons (Fsp3) is 0.625. The van der Waals surface area contributed by atoms with Crippen molar-refractivity contribution in [2.45, 2.75) is 52.5 Å². The molecule has 1 heteroatoms. The average Bonchev–Trinajstić information content (AvgIpc) is 2.34. The van der Waals surface area contributed by atoms with E-state index < -0.39 is 0 Å². The predicted octanol–water partition coefficient (Wildman–Crippen LogP) is 4.20. The SMILES string of the molecule is CCCC(c1ccccc1)C(NCC)C(C)C. The molecule has 0 spiro atoms. The van der Waals surface area contributed by atoms with E-state index in [4.69, 9.17) is 0 Å². The van der Waals surface area contributed by atoms with E-state index in [-0.39, 0.29) is 0 Å². The molecular weight excluding hydrogens is 206 g/mol. The number of benzene rings is 1. The van der Waals surface area contributed by atoms with Gasteiger partial charge in [-0.15, -0.1) is 0 Å². The van der Waals surface area contributed by atoms with Crippen molar-refractivity contribution >= 4 is 0 Å². The fourth-order valence-corrected chi connectivity index (χ4v) is 2.64. The third-order valence-electron chi connectivity index (χ3n) is 3.42. The van der Waals surface area contributed by atoms with Gasteiger partial charge in [-0.2, -0.15) is 0 Å². The molecule has 0 aliphatic carbocycles. The highest BCUT2D eigenvalue weighted by atomic mass is 14.9. The van der Waals surface area contributed by atoms with Crippen molar-refractivity contribution in [3.05, 3.63) is 35.9 Å². The summed E-state index contributed by atoms with van der Waals surface area (Å²) in [4.78, 5) is 0. The van der Waals surface area contributed by atoms with Crippen LogP contribution in [0, 0.1) is 5.92 Å². The molecule has 1 nitrogen and oxygen atoms in total. The normalized spacial score (nSPS) is 14.9. The first-order valence-corrected chi connectivity index (χ1v) is 6.99. The Balaban J connectivity index is 2.89. The maximum atomic E-state index is 3.67. The molecule has 0 amide bonds. The lowest BCUT2D eigenvalue weighted by Gasteiger charge is -2.31. The lowest BCUT2D eigenvalue weighted by molar-refractivity contribution is 0.333. The van der Waals surface area contributed by atoms with Crippen LogP contribution >= 0.6 is 0 Å². The zero-order chi connectivity index (χ0) is 12.7. The Kier molecular flexibility index (Phi) is 6.28. The zero-order valence-corrected chi connectivity index (χ0v) is 11.7. The monoisotopic (exact) mass is 233 g/mol. The van der Waals surface area contributed by atoms with E-state index in [1.165, 1.54) is 18.4 Å². The van der Waals surface area contributed by atoms with E-state index in [1.807, 2.05) is 0 Å². The van der Waals surface area contributed by atoms with Crippen molar-refractivity contribution in [2.75, 3.05) is 6.54 Å². The summed E-state index contributed by atoms with van der Waals surface area (Å²) < 4.78 is 0. The second-order valence-electron chi connectivity index (χ2n) is 5.13. The molecule has 0 radical (unpaired) electrons. The summed E-state index contributed by atoms with van der Waals surface area (Å²) in [5, 5.41) is 3.67. The molecule has 0 aliphatic rings. The number of hydrogen-bond donors (Lipinski definition) is 1.